The highest BCUT2D eigenvalue weighted by atomic mass is 35.5. The standard InChI is InChI=1S/C11H9ClN2O2/c12-11-13-6-5-10(14-11)16-9-3-1-8(7-15)2-4-9/h1-6,15H,7H2. The van der Waals surface area contributed by atoms with E-state index in [1.54, 1.807) is 30.3 Å². The van der Waals surface area contributed by atoms with Crippen molar-refractivity contribution in [3.05, 3.63) is 47.4 Å². The van der Waals surface area contributed by atoms with Crippen molar-refractivity contribution >= 4 is 11.6 Å². The monoisotopic (exact) mass is 236 g/mol. The zero-order valence-corrected chi connectivity index (χ0v) is 9.05. The average molecular weight is 237 g/mol. The highest BCUT2D eigenvalue weighted by molar-refractivity contribution is 6.28. The van der Waals surface area contributed by atoms with E-state index in [1.807, 2.05) is 0 Å². The zero-order chi connectivity index (χ0) is 11.4. The summed E-state index contributed by atoms with van der Waals surface area (Å²) in [7, 11) is 0. The van der Waals surface area contributed by atoms with Gasteiger partial charge in [0.15, 0.2) is 0 Å². The summed E-state index contributed by atoms with van der Waals surface area (Å²) in [5.74, 6) is 1.02. The summed E-state index contributed by atoms with van der Waals surface area (Å²) in [6, 6.07) is 8.67. The summed E-state index contributed by atoms with van der Waals surface area (Å²) in [4.78, 5) is 7.64. The largest absolute Gasteiger partial charge is 0.439 e. The predicted octanol–water partition coefficient (Wildman–Crippen LogP) is 2.41. The van der Waals surface area contributed by atoms with Gasteiger partial charge in [-0.05, 0) is 29.3 Å². The van der Waals surface area contributed by atoms with Crippen molar-refractivity contribution in [1.29, 1.82) is 0 Å². The molecule has 0 aliphatic carbocycles. The molecule has 2 aromatic rings. The van der Waals surface area contributed by atoms with Gasteiger partial charge in [-0.25, -0.2) is 4.98 Å². The number of rotatable bonds is 3. The van der Waals surface area contributed by atoms with Crippen molar-refractivity contribution in [2.75, 3.05) is 0 Å². The summed E-state index contributed by atoms with van der Waals surface area (Å²) in [5, 5.41) is 9.02. The number of benzene rings is 1. The Morgan fingerprint density at radius 3 is 2.56 bits per heavy atom. The lowest BCUT2D eigenvalue weighted by Gasteiger charge is -2.04. The molecule has 16 heavy (non-hydrogen) atoms. The quantitative estimate of drug-likeness (QED) is 0.832. The van der Waals surface area contributed by atoms with Crippen molar-refractivity contribution < 1.29 is 9.84 Å². The second kappa shape index (κ2) is 4.92. The maximum Gasteiger partial charge on any atom is 0.225 e. The van der Waals surface area contributed by atoms with Crippen LogP contribution in [0.5, 0.6) is 11.6 Å². The summed E-state index contributed by atoms with van der Waals surface area (Å²) in [6.07, 6.45) is 1.52. The van der Waals surface area contributed by atoms with Crippen LogP contribution in [0.25, 0.3) is 0 Å². The van der Waals surface area contributed by atoms with E-state index in [2.05, 4.69) is 9.97 Å². The van der Waals surface area contributed by atoms with E-state index in [1.165, 1.54) is 6.20 Å². The molecule has 1 heterocycles. The summed E-state index contributed by atoms with van der Waals surface area (Å²) in [6.45, 7) is 0.0135. The first-order chi connectivity index (χ1) is 7.78. The van der Waals surface area contributed by atoms with Gasteiger partial charge in [0.2, 0.25) is 11.2 Å². The van der Waals surface area contributed by atoms with Gasteiger partial charge in [-0.1, -0.05) is 12.1 Å². The number of aliphatic hydroxyl groups is 1. The van der Waals surface area contributed by atoms with Crippen LogP contribution in [0.15, 0.2) is 36.5 Å². The molecule has 0 saturated carbocycles. The molecule has 0 aliphatic heterocycles. The van der Waals surface area contributed by atoms with Crippen LogP contribution in [0.3, 0.4) is 0 Å². The molecule has 0 saturated heterocycles. The molecule has 0 bridgehead atoms. The van der Waals surface area contributed by atoms with E-state index < -0.39 is 0 Å². The van der Waals surface area contributed by atoms with Gasteiger partial charge in [0.1, 0.15) is 5.75 Å². The van der Waals surface area contributed by atoms with Crippen LogP contribution >= 0.6 is 11.6 Å². The fourth-order valence-corrected chi connectivity index (χ4v) is 1.30. The van der Waals surface area contributed by atoms with Crippen LogP contribution in [0, 0.1) is 0 Å². The number of halogens is 1. The lowest BCUT2D eigenvalue weighted by molar-refractivity contribution is 0.281. The van der Waals surface area contributed by atoms with Crippen LogP contribution in [0.4, 0.5) is 0 Å². The van der Waals surface area contributed by atoms with Crippen LogP contribution < -0.4 is 4.74 Å². The fourth-order valence-electron chi connectivity index (χ4n) is 1.16. The van der Waals surface area contributed by atoms with Crippen molar-refractivity contribution in [3.63, 3.8) is 0 Å². The van der Waals surface area contributed by atoms with E-state index in [0.717, 1.165) is 5.56 Å². The van der Waals surface area contributed by atoms with Gasteiger partial charge in [0.25, 0.3) is 0 Å². The minimum Gasteiger partial charge on any atom is -0.439 e. The van der Waals surface area contributed by atoms with Gasteiger partial charge in [-0.2, -0.15) is 4.98 Å². The maximum absolute atomic E-state index is 8.88. The number of nitrogens with zero attached hydrogens (tertiary/aromatic N) is 2. The van der Waals surface area contributed by atoms with E-state index >= 15 is 0 Å². The molecule has 0 unspecified atom stereocenters. The van der Waals surface area contributed by atoms with Gasteiger partial charge in [-0.15, -0.1) is 0 Å². The Balaban J connectivity index is 2.14. The molecule has 1 N–H and O–H groups in total. The van der Waals surface area contributed by atoms with E-state index in [4.69, 9.17) is 21.4 Å². The average Bonchev–Trinajstić information content (AvgIpc) is 2.30. The van der Waals surface area contributed by atoms with Crippen LogP contribution in [0.2, 0.25) is 5.28 Å². The van der Waals surface area contributed by atoms with Crippen LogP contribution in [-0.2, 0) is 6.61 Å². The molecular weight excluding hydrogens is 228 g/mol. The Morgan fingerprint density at radius 2 is 1.94 bits per heavy atom. The SMILES string of the molecule is OCc1ccc(Oc2ccnc(Cl)n2)cc1. The van der Waals surface area contributed by atoms with Crippen molar-refractivity contribution in [2.24, 2.45) is 0 Å². The molecule has 2 rings (SSSR count). The summed E-state index contributed by atoms with van der Waals surface area (Å²) in [5.41, 5.74) is 0.827. The highest BCUT2D eigenvalue weighted by Crippen LogP contribution is 2.20. The highest BCUT2D eigenvalue weighted by Gasteiger charge is 2.00. The Labute approximate surface area is 97.5 Å². The Hall–Kier alpha value is -1.65. The third-order valence-corrected chi connectivity index (χ3v) is 2.11. The maximum atomic E-state index is 8.88. The first-order valence-corrected chi connectivity index (χ1v) is 5.02. The molecule has 0 radical (unpaired) electrons. The second-order valence-electron chi connectivity index (χ2n) is 3.07. The van der Waals surface area contributed by atoms with Crippen LogP contribution in [-0.4, -0.2) is 15.1 Å². The smallest absolute Gasteiger partial charge is 0.225 e. The third-order valence-electron chi connectivity index (χ3n) is 1.93. The summed E-state index contributed by atoms with van der Waals surface area (Å²) >= 11 is 5.62. The second-order valence-corrected chi connectivity index (χ2v) is 3.41. The van der Waals surface area contributed by atoms with E-state index in [-0.39, 0.29) is 11.9 Å². The first-order valence-electron chi connectivity index (χ1n) is 4.64. The normalized spacial score (nSPS) is 10.1. The predicted molar refractivity (Wildman–Crippen MR) is 59.5 cm³/mol. The molecule has 0 spiro atoms. The fraction of sp³-hybridized carbons (Fsp3) is 0.0909. The Kier molecular flexibility index (Phi) is 3.34. The van der Waals surface area contributed by atoms with Gasteiger partial charge >= 0.3 is 0 Å². The number of ether oxygens (including phenoxy) is 1. The first kappa shape index (κ1) is 10.9. The van der Waals surface area contributed by atoms with Gasteiger partial charge in [-0.3, -0.25) is 0 Å². The molecule has 1 aromatic carbocycles. The minimum absolute atomic E-state index is 0.0135. The number of aliphatic hydroxyl groups excluding tert-OH is 1. The molecular formula is C11H9ClN2O2. The van der Waals surface area contributed by atoms with Gasteiger partial charge < -0.3 is 9.84 Å². The Bertz CT molecular complexity index is 474. The van der Waals surface area contributed by atoms with Crippen LogP contribution in [0.1, 0.15) is 5.56 Å². The molecule has 0 aliphatic rings. The zero-order valence-electron chi connectivity index (χ0n) is 8.30. The number of hydrogen-bond acceptors (Lipinski definition) is 4. The van der Waals surface area contributed by atoms with E-state index in [0.29, 0.717) is 11.6 Å². The van der Waals surface area contributed by atoms with Crippen molar-refractivity contribution in [1.82, 2.24) is 9.97 Å². The van der Waals surface area contributed by atoms with E-state index in [9.17, 15) is 0 Å². The molecule has 82 valence electrons. The molecule has 0 amide bonds. The lowest BCUT2D eigenvalue weighted by atomic mass is 10.2. The lowest BCUT2D eigenvalue weighted by Crippen LogP contribution is -1.90. The molecule has 5 heteroatoms. The molecule has 0 fully saturated rings. The third kappa shape index (κ3) is 2.68. The Morgan fingerprint density at radius 1 is 1.19 bits per heavy atom. The molecule has 1 aromatic heterocycles. The molecule has 4 nitrogen and oxygen atoms in total. The van der Waals surface area contributed by atoms with Crippen molar-refractivity contribution in [2.45, 2.75) is 6.61 Å². The summed E-state index contributed by atoms with van der Waals surface area (Å²) < 4.78 is 5.44. The number of aromatic nitrogens is 2. The van der Waals surface area contributed by atoms with Gasteiger partial charge in [0.05, 0.1) is 6.61 Å². The minimum atomic E-state index is 0.0135. The number of hydrogen-bond donors (Lipinski definition) is 1. The molecule has 0 atom stereocenters. The van der Waals surface area contributed by atoms with Gasteiger partial charge in [0, 0.05) is 12.3 Å². The topological polar surface area (TPSA) is 55.2 Å². The van der Waals surface area contributed by atoms with Crippen molar-refractivity contribution in [3.8, 4) is 11.6 Å².